The van der Waals surface area contributed by atoms with Gasteiger partial charge in [-0.15, -0.1) is 0 Å². The second-order valence-electron chi connectivity index (χ2n) is 6.06. The molecule has 4 rings (SSSR count). The molecule has 2 aliphatic heterocycles. The van der Waals surface area contributed by atoms with Crippen molar-refractivity contribution >= 4 is 34.9 Å². The predicted molar refractivity (Wildman–Crippen MR) is 91.0 cm³/mol. The van der Waals surface area contributed by atoms with Crippen molar-refractivity contribution in [1.29, 1.82) is 0 Å². The molecule has 1 fully saturated rings. The Labute approximate surface area is 148 Å². The molecule has 1 aromatic carbocycles. The van der Waals surface area contributed by atoms with Gasteiger partial charge in [-0.05, 0) is 43.0 Å². The number of aromatic nitrogens is 1. The molecule has 2 aliphatic rings. The van der Waals surface area contributed by atoms with Gasteiger partial charge in [-0.1, -0.05) is 29.3 Å². The summed E-state index contributed by atoms with van der Waals surface area (Å²) in [6, 6.07) is 6.50. The Morgan fingerprint density at radius 1 is 1.29 bits per heavy atom. The maximum Gasteiger partial charge on any atom is 0.322 e. The van der Waals surface area contributed by atoms with Crippen LogP contribution in [0.1, 0.15) is 30.0 Å². The minimum Gasteiger partial charge on any atom is -0.314 e. The minimum absolute atomic E-state index is 0.0286. The summed E-state index contributed by atoms with van der Waals surface area (Å²) in [6.07, 6.45) is 3.60. The zero-order valence-corrected chi connectivity index (χ0v) is 14.1. The van der Waals surface area contributed by atoms with Crippen LogP contribution in [0.2, 0.25) is 10.0 Å². The molecule has 2 aromatic rings. The molecular formula is C17H14Cl2FN3O. The van der Waals surface area contributed by atoms with Crippen molar-refractivity contribution in [2.24, 2.45) is 0 Å². The summed E-state index contributed by atoms with van der Waals surface area (Å²) < 4.78 is 14.0. The molecule has 2 atom stereocenters. The van der Waals surface area contributed by atoms with E-state index < -0.39 is 5.95 Å². The highest BCUT2D eigenvalue weighted by Crippen LogP contribution is 2.44. The normalized spacial score (nSPS) is 21.5. The number of fused-ring (bicyclic) bond motifs is 4. The SMILES string of the molecule is O=C(Nc1cccc(Cl)c1Cl)N1[C@H]2CC[C@@H]1c1ccnc(F)c1C2. The van der Waals surface area contributed by atoms with Crippen LogP contribution in [-0.2, 0) is 6.42 Å². The summed E-state index contributed by atoms with van der Waals surface area (Å²) in [5.41, 5.74) is 1.96. The van der Waals surface area contributed by atoms with Crippen LogP contribution in [0.5, 0.6) is 0 Å². The van der Waals surface area contributed by atoms with E-state index in [-0.39, 0.29) is 18.1 Å². The lowest BCUT2D eigenvalue weighted by molar-refractivity contribution is 0.178. The van der Waals surface area contributed by atoms with Crippen LogP contribution in [0.4, 0.5) is 14.9 Å². The minimum atomic E-state index is -0.428. The summed E-state index contributed by atoms with van der Waals surface area (Å²) in [5.74, 6) is -0.428. The Kier molecular flexibility index (Phi) is 3.85. The number of amides is 2. The van der Waals surface area contributed by atoms with Crippen LogP contribution in [0, 0.1) is 5.95 Å². The second kappa shape index (κ2) is 5.90. The number of anilines is 1. The molecule has 0 aliphatic carbocycles. The maximum absolute atomic E-state index is 14.0. The van der Waals surface area contributed by atoms with Crippen molar-refractivity contribution < 1.29 is 9.18 Å². The fourth-order valence-corrected chi connectivity index (χ4v) is 4.05. The van der Waals surface area contributed by atoms with Gasteiger partial charge < -0.3 is 10.2 Å². The van der Waals surface area contributed by atoms with E-state index in [0.717, 1.165) is 18.4 Å². The van der Waals surface area contributed by atoms with Crippen molar-refractivity contribution in [3.8, 4) is 0 Å². The molecule has 1 N–H and O–H groups in total. The lowest BCUT2D eigenvalue weighted by atomic mass is 9.95. The Hall–Kier alpha value is -1.85. The quantitative estimate of drug-likeness (QED) is 0.736. The summed E-state index contributed by atoms with van der Waals surface area (Å²) in [6.45, 7) is 0. The van der Waals surface area contributed by atoms with E-state index in [9.17, 15) is 9.18 Å². The van der Waals surface area contributed by atoms with Gasteiger partial charge in [-0.3, -0.25) is 0 Å². The molecule has 0 unspecified atom stereocenters. The number of hydrogen-bond acceptors (Lipinski definition) is 2. The first-order chi connectivity index (χ1) is 11.6. The highest BCUT2D eigenvalue weighted by atomic mass is 35.5. The van der Waals surface area contributed by atoms with E-state index in [1.165, 1.54) is 6.20 Å². The van der Waals surface area contributed by atoms with Gasteiger partial charge in [0, 0.05) is 17.8 Å². The van der Waals surface area contributed by atoms with Gasteiger partial charge in [0.1, 0.15) is 0 Å². The lowest BCUT2D eigenvalue weighted by Gasteiger charge is -2.36. The number of hydrogen-bond donors (Lipinski definition) is 1. The number of benzene rings is 1. The van der Waals surface area contributed by atoms with Crippen LogP contribution in [0.3, 0.4) is 0 Å². The third-order valence-corrected chi connectivity index (χ3v) is 5.59. The van der Waals surface area contributed by atoms with E-state index in [1.54, 1.807) is 29.2 Å². The summed E-state index contributed by atoms with van der Waals surface area (Å²) in [7, 11) is 0. The monoisotopic (exact) mass is 365 g/mol. The molecule has 0 radical (unpaired) electrons. The average Bonchev–Trinajstić information content (AvgIpc) is 2.88. The first kappa shape index (κ1) is 15.7. The largest absolute Gasteiger partial charge is 0.322 e. The van der Waals surface area contributed by atoms with Crippen LogP contribution in [-0.4, -0.2) is 22.0 Å². The van der Waals surface area contributed by atoms with E-state index in [2.05, 4.69) is 10.3 Å². The maximum atomic E-state index is 14.0. The molecule has 2 amide bonds. The van der Waals surface area contributed by atoms with Gasteiger partial charge in [-0.25, -0.2) is 9.78 Å². The second-order valence-corrected chi connectivity index (χ2v) is 6.84. The molecule has 1 aromatic heterocycles. The van der Waals surface area contributed by atoms with Gasteiger partial charge >= 0.3 is 6.03 Å². The molecule has 4 nitrogen and oxygen atoms in total. The van der Waals surface area contributed by atoms with E-state index in [1.807, 2.05) is 0 Å². The van der Waals surface area contributed by atoms with Crippen LogP contribution < -0.4 is 5.32 Å². The molecule has 24 heavy (non-hydrogen) atoms. The topological polar surface area (TPSA) is 45.2 Å². The predicted octanol–water partition coefficient (Wildman–Crippen LogP) is 4.82. The molecule has 0 spiro atoms. The highest BCUT2D eigenvalue weighted by molar-refractivity contribution is 6.43. The third-order valence-electron chi connectivity index (χ3n) is 4.77. The van der Waals surface area contributed by atoms with Crippen LogP contribution in [0.25, 0.3) is 0 Å². The molecule has 0 saturated carbocycles. The van der Waals surface area contributed by atoms with Gasteiger partial charge in [0.05, 0.1) is 21.8 Å². The van der Waals surface area contributed by atoms with Crippen molar-refractivity contribution in [2.45, 2.75) is 31.3 Å². The van der Waals surface area contributed by atoms with Crippen molar-refractivity contribution in [2.75, 3.05) is 5.32 Å². The number of carbonyl (C=O) groups is 1. The molecule has 3 heterocycles. The smallest absolute Gasteiger partial charge is 0.314 e. The van der Waals surface area contributed by atoms with Gasteiger partial charge in [0.2, 0.25) is 5.95 Å². The fraction of sp³-hybridized carbons (Fsp3) is 0.294. The average molecular weight is 366 g/mol. The number of urea groups is 1. The molecule has 124 valence electrons. The first-order valence-electron chi connectivity index (χ1n) is 7.73. The standard InChI is InChI=1S/C17H14Cl2FN3O/c18-12-2-1-3-13(15(12)19)22-17(24)23-9-4-5-14(23)10-6-7-21-16(20)11(10)8-9/h1-3,6-7,9,14H,4-5,8H2,(H,22,24)/t9-,14+/m0/s1. The molecule has 7 heteroatoms. The fourth-order valence-electron chi connectivity index (χ4n) is 3.71. The van der Waals surface area contributed by atoms with Gasteiger partial charge in [0.15, 0.2) is 0 Å². The van der Waals surface area contributed by atoms with Crippen molar-refractivity contribution in [3.63, 3.8) is 0 Å². The van der Waals surface area contributed by atoms with Gasteiger partial charge in [0.25, 0.3) is 0 Å². The zero-order chi connectivity index (χ0) is 16.8. The summed E-state index contributed by atoms with van der Waals surface area (Å²) >= 11 is 12.1. The number of pyridine rings is 1. The number of nitrogens with zero attached hydrogens (tertiary/aromatic N) is 2. The Bertz CT molecular complexity index is 829. The van der Waals surface area contributed by atoms with Crippen LogP contribution in [0.15, 0.2) is 30.5 Å². The van der Waals surface area contributed by atoms with Crippen molar-refractivity contribution in [3.05, 3.63) is 57.6 Å². The van der Waals surface area contributed by atoms with Crippen LogP contribution >= 0.6 is 23.2 Å². The molecule has 1 saturated heterocycles. The van der Waals surface area contributed by atoms with Crippen molar-refractivity contribution in [1.82, 2.24) is 9.88 Å². The lowest BCUT2D eigenvalue weighted by Crippen LogP contribution is -2.44. The van der Waals surface area contributed by atoms with Gasteiger partial charge in [-0.2, -0.15) is 4.39 Å². The Morgan fingerprint density at radius 2 is 2.12 bits per heavy atom. The Balaban J connectivity index is 1.63. The number of carbonyl (C=O) groups excluding carboxylic acids is 1. The number of nitrogens with one attached hydrogen (secondary N) is 1. The Morgan fingerprint density at radius 3 is 2.96 bits per heavy atom. The molecular weight excluding hydrogens is 352 g/mol. The summed E-state index contributed by atoms with van der Waals surface area (Å²) in [5, 5.41) is 3.52. The van der Waals surface area contributed by atoms with E-state index >= 15 is 0 Å². The zero-order valence-electron chi connectivity index (χ0n) is 12.6. The van der Waals surface area contributed by atoms with E-state index in [0.29, 0.717) is 27.7 Å². The number of halogens is 3. The van der Waals surface area contributed by atoms with E-state index in [4.69, 9.17) is 23.2 Å². The highest BCUT2D eigenvalue weighted by Gasteiger charge is 2.43. The molecule has 2 bridgehead atoms. The third kappa shape index (κ3) is 2.43. The summed E-state index contributed by atoms with van der Waals surface area (Å²) in [4.78, 5) is 18.3. The number of rotatable bonds is 1. The first-order valence-corrected chi connectivity index (χ1v) is 8.48.